The number of aliphatic hydroxyl groups is 1. The van der Waals surface area contributed by atoms with E-state index >= 15 is 0 Å². The average molecular weight is 253 g/mol. The number of carbonyl (C=O) groups excluding carboxylic acids is 1. The second-order valence-corrected chi connectivity index (χ2v) is 4.59. The van der Waals surface area contributed by atoms with Gasteiger partial charge in [0.15, 0.2) is 5.78 Å². The first-order chi connectivity index (χ1) is 8.50. The third kappa shape index (κ3) is 4.94. The Balaban J connectivity index is 2.40. The molecule has 1 aromatic carbocycles. The average Bonchev–Trinajstić information content (AvgIpc) is 2.34. The Labute approximate surface area is 107 Å². The van der Waals surface area contributed by atoms with Crippen LogP contribution in [0, 0.1) is 5.82 Å². The summed E-state index contributed by atoms with van der Waals surface area (Å²) in [7, 11) is 1.89. The molecule has 4 heteroatoms. The first-order valence-electron chi connectivity index (χ1n) is 6.15. The molecule has 100 valence electrons. The van der Waals surface area contributed by atoms with Gasteiger partial charge in [-0.15, -0.1) is 0 Å². The molecule has 0 aliphatic rings. The van der Waals surface area contributed by atoms with E-state index < -0.39 is 5.82 Å². The van der Waals surface area contributed by atoms with Crippen molar-refractivity contribution in [2.75, 3.05) is 20.1 Å². The van der Waals surface area contributed by atoms with Gasteiger partial charge in [-0.05, 0) is 32.5 Å². The van der Waals surface area contributed by atoms with Gasteiger partial charge in [0.05, 0.1) is 11.7 Å². The van der Waals surface area contributed by atoms with Gasteiger partial charge in [-0.3, -0.25) is 4.79 Å². The van der Waals surface area contributed by atoms with Gasteiger partial charge in [0.2, 0.25) is 0 Å². The summed E-state index contributed by atoms with van der Waals surface area (Å²) < 4.78 is 13.4. The minimum absolute atomic E-state index is 0.154. The molecule has 1 atom stereocenters. The number of nitrogens with zero attached hydrogens (tertiary/aromatic N) is 1. The minimum atomic E-state index is -0.464. The number of hydrogen-bond donors (Lipinski definition) is 1. The molecule has 0 amide bonds. The molecule has 1 aromatic rings. The summed E-state index contributed by atoms with van der Waals surface area (Å²) in [5, 5.41) is 9.15. The first kappa shape index (κ1) is 14.8. The summed E-state index contributed by atoms with van der Waals surface area (Å²) in [6.45, 7) is 3.03. The van der Waals surface area contributed by atoms with Crippen molar-refractivity contribution >= 4 is 5.78 Å². The van der Waals surface area contributed by atoms with Crippen LogP contribution in [0.25, 0.3) is 0 Å². The third-order valence-corrected chi connectivity index (χ3v) is 2.82. The molecule has 0 heterocycles. The van der Waals surface area contributed by atoms with Crippen molar-refractivity contribution in [1.29, 1.82) is 0 Å². The summed E-state index contributed by atoms with van der Waals surface area (Å²) >= 11 is 0. The van der Waals surface area contributed by atoms with Crippen LogP contribution in [-0.2, 0) is 0 Å². The van der Waals surface area contributed by atoms with E-state index in [9.17, 15) is 9.18 Å². The number of rotatable bonds is 7. The number of carbonyl (C=O) groups is 1. The highest BCUT2D eigenvalue weighted by Gasteiger charge is 2.11. The van der Waals surface area contributed by atoms with Crippen LogP contribution in [-0.4, -0.2) is 42.0 Å². The van der Waals surface area contributed by atoms with Crippen molar-refractivity contribution in [1.82, 2.24) is 4.90 Å². The summed E-state index contributed by atoms with van der Waals surface area (Å²) in [4.78, 5) is 13.8. The van der Waals surface area contributed by atoms with Crippen molar-refractivity contribution in [3.8, 4) is 0 Å². The molecule has 18 heavy (non-hydrogen) atoms. The highest BCUT2D eigenvalue weighted by Crippen LogP contribution is 2.09. The monoisotopic (exact) mass is 253 g/mol. The number of halogens is 1. The van der Waals surface area contributed by atoms with Crippen LogP contribution in [0.4, 0.5) is 4.39 Å². The van der Waals surface area contributed by atoms with Crippen molar-refractivity contribution in [2.24, 2.45) is 0 Å². The molecule has 1 N–H and O–H groups in total. The fraction of sp³-hybridized carbons (Fsp3) is 0.500. The molecule has 0 aliphatic carbocycles. The highest BCUT2D eigenvalue weighted by atomic mass is 19.1. The van der Waals surface area contributed by atoms with Gasteiger partial charge >= 0.3 is 0 Å². The number of hydrogen-bond acceptors (Lipinski definition) is 3. The maximum atomic E-state index is 13.4. The number of aliphatic hydroxyl groups excluding tert-OH is 1. The van der Waals surface area contributed by atoms with Gasteiger partial charge in [-0.1, -0.05) is 12.1 Å². The zero-order chi connectivity index (χ0) is 13.5. The van der Waals surface area contributed by atoms with Gasteiger partial charge < -0.3 is 10.0 Å². The number of Topliss-reactive ketones (excluding diaryl/α,β-unsaturated/α-hetero) is 1. The van der Waals surface area contributed by atoms with E-state index in [-0.39, 0.29) is 23.9 Å². The van der Waals surface area contributed by atoms with Crippen LogP contribution in [0.5, 0.6) is 0 Å². The molecule has 0 spiro atoms. The van der Waals surface area contributed by atoms with Gasteiger partial charge in [0, 0.05) is 19.5 Å². The summed E-state index contributed by atoms with van der Waals surface area (Å²) in [6.07, 6.45) is 0.622. The predicted octanol–water partition coefficient (Wildman–Crippen LogP) is 2.10. The zero-order valence-electron chi connectivity index (χ0n) is 10.9. The molecular weight excluding hydrogens is 233 g/mol. The van der Waals surface area contributed by atoms with E-state index in [1.165, 1.54) is 12.1 Å². The Kier molecular flexibility index (Phi) is 5.95. The van der Waals surface area contributed by atoms with E-state index in [0.717, 1.165) is 6.54 Å². The summed E-state index contributed by atoms with van der Waals surface area (Å²) in [5.74, 6) is -0.647. The second-order valence-electron chi connectivity index (χ2n) is 4.59. The van der Waals surface area contributed by atoms with Crippen molar-refractivity contribution in [3.05, 3.63) is 35.6 Å². The van der Waals surface area contributed by atoms with E-state index in [2.05, 4.69) is 0 Å². The van der Waals surface area contributed by atoms with E-state index in [1.54, 1.807) is 19.1 Å². The third-order valence-electron chi connectivity index (χ3n) is 2.82. The second kappa shape index (κ2) is 7.24. The lowest BCUT2D eigenvalue weighted by atomic mass is 10.1. The maximum Gasteiger partial charge on any atom is 0.167 e. The lowest BCUT2D eigenvalue weighted by Crippen LogP contribution is -2.25. The molecule has 0 saturated heterocycles. The molecule has 0 fully saturated rings. The van der Waals surface area contributed by atoms with Gasteiger partial charge in [0.25, 0.3) is 0 Å². The lowest BCUT2D eigenvalue weighted by Gasteiger charge is -2.16. The molecule has 0 bridgehead atoms. The Hall–Kier alpha value is -1.26. The minimum Gasteiger partial charge on any atom is -0.393 e. The lowest BCUT2D eigenvalue weighted by molar-refractivity contribution is 0.0961. The topological polar surface area (TPSA) is 40.5 Å². The van der Waals surface area contributed by atoms with Crippen molar-refractivity contribution in [3.63, 3.8) is 0 Å². The molecule has 0 aliphatic heterocycles. The smallest absolute Gasteiger partial charge is 0.167 e. The molecule has 3 nitrogen and oxygen atoms in total. The van der Waals surface area contributed by atoms with Crippen LogP contribution in [0.15, 0.2) is 24.3 Å². The Morgan fingerprint density at radius 1 is 1.39 bits per heavy atom. The van der Waals surface area contributed by atoms with E-state index in [0.29, 0.717) is 13.0 Å². The summed E-state index contributed by atoms with van der Waals surface area (Å²) in [6, 6.07) is 6.03. The van der Waals surface area contributed by atoms with Crippen LogP contribution in [0.2, 0.25) is 0 Å². The van der Waals surface area contributed by atoms with Crippen LogP contribution >= 0.6 is 0 Å². The molecule has 0 aromatic heterocycles. The largest absolute Gasteiger partial charge is 0.393 e. The number of benzene rings is 1. The Morgan fingerprint density at radius 2 is 2.06 bits per heavy atom. The highest BCUT2D eigenvalue weighted by molar-refractivity contribution is 5.96. The number of ketones is 1. The van der Waals surface area contributed by atoms with Gasteiger partial charge in [-0.25, -0.2) is 4.39 Å². The van der Waals surface area contributed by atoms with Gasteiger partial charge in [0.1, 0.15) is 5.82 Å². The molecule has 0 radical (unpaired) electrons. The van der Waals surface area contributed by atoms with Crippen molar-refractivity contribution < 1.29 is 14.3 Å². The molecular formula is C14H20FNO2. The fourth-order valence-electron chi connectivity index (χ4n) is 1.63. The Morgan fingerprint density at radius 3 is 2.67 bits per heavy atom. The van der Waals surface area contributed by atoms with Crippen LogP contribution in [0.3, 0.4) is 0 Å². The normalized spacial score (nSPS) is 12.7. The molecule has 0 saturated carbocycles. The SMILES string of the molecule is CC(O)CCN(C)CCC(=O)c1ccccc1F. The van der Waals surface area contributed by atoms with Crippen molar-refractivity contribution in [2.45, 2.75) is 25.9 Å². The van der Waals surface area contributed by atoms with Crippen LogP contribution in [0.1, 0.15) is 30.1 Å². The first-order valence-corrected chi connectivity index (χ1v) is 6.15. The predicted molar refractivity (Wildman–Crippen MR) is 69.1 cm³/mol. The fourth-order valence-corrected chi connectivity index (χ4v) is 1.63. The molecule has 1 rings (SSSR count). The Bertz CT molecular complexity index is 393. The summed E-state index contributed by atoms with van der Waals surface area (Å²) in [5.41, 5.74) is 0.154. The van der Waals surface area contributed by atoms with E-state index in [1.807, 2.05) is 11.9 Å². The molecule has 1 unspecified atom stereocenters. The van der Waals surface area contributed by atoms with E-state index in [4.69, 9.17) is 5.11 Å². The maximum absolute atomic E-state index is 13.4. The standard InChI is InChI=1S/C14H20FNO2/c1-11(17)7-9-16(2)10-8-14(18)12-5-3-4-6-13(12)15/h3-6,11,17H,7-10H2,1-2H3. The quantitative estimate of drug-likeness (QED) is 0.757. The van der Waals surface area contributed by atoms with Crippen LogP contribution < -0.4 is 0 Å². The zero-order valence-corrected chi connectivity index (χ0v) is 10.9. The van der Waals surface area contributed by atoms with Gasteiger partial charge in [-0.2, -0.15) is 0 Å².